The Bertz CT molecular complexity index is 2700. The van der Waals surface area contributed by atoms with Crippen molar-refractivity contribution in [1.29, 1.82) is 0 Å². The summed E-state index contributed by atoms with van der Waals surface area (Å²) in [6, 6.07) is 61.8. The molecule has 7 aromatic carbocycles. The van der Waals surface area contributed by atoms with Gasteiger partial charge in [-0.3, -0.25) is 0 Å². The van der Waals surface area contributed by atoms with Gasteiger partial charge in [0.05, 0.1) is 0 Å². The Kier molecular flexibility index (Phi) is 6.40. The van der Waals surface area contributed by atoms with E-state index in [0.717, 1.165) is 23.7 Å². The minimum absolute atomic E-state index is 0.129. The highest BCUT2D eigenvalue weighted by Crippen LogP contribution is 2.73. The summed E-state index contributed by atoms with van der Waals surface area (Å²) in [5.41, 5.74) is 15.0. The van der Waals surface area contributed by atoms with Crippen molar-refractivity contribution in [3.05, 3.63) is 175 Å². The molecule has 0 aliphatic heterocycles. The summed E-state index contributed by atoms with van der Waals surface area (Å²) in [6.07, 6.45) is 5.62. The Morgan fingerprint density at radius 1 is 0.453 bits per heavy atom. The highest BCUT2D eigenvalue weighted by molar-refractivity contribution is 7.25. The third-order valence-corrected chi connectivity index (χ3v) is 14.8. The van der Waals surface area contributed by atoms with Crippen molar-refractivity contribution in [3.8, 4) is 33.4 Å². The standard InChI is InChI=1S/C51H39NS/c1-3-9-33(10-4-1)35-15-18-39(19-16-35)52(41-20-23-44-43-13-7-8-14-49(43)53-50(44)31-41)40-21-24-46-45(30-40)42-22-17-36(34-11-5-2-6-12-34)29-48(42)51(46)38-26-32-25-37(28-38)47(51)27-32/h1-24,29-32,37-38,47H,25-28H2. The van der Waals surface area contributed by atoms with Crippen LogP contribution in [0.2, 0.25) is 0 Å². The molecule has 0 amide bonds. The van der Waals surface area contributed by atoms with Gasteiger partial charge in [0.25, 0.3) is 0 Å². The third kappa shape index (κ3) is 4.30. The highest BCUT2D eigenvalue weighted by Gasteiger charge is 2.66. The molecule has 5 atom stereocenters. The van der Waals surface area contributed by atoms with Crippen molar-refractivity contribution in [2.45, 2.75) is 31.1 Å². The molecule has 53 heavy (non-hydrogen) atoms. The molecule has 1 nitrogen and oxygen atoms in total. The van der Waals surface area contributed by atoms with E-state index in [9.17, 15) is 0 Å². The van der Waals surface area contributed by atoms with Crippen molar-refractivity contribution in [3.63, 3.8) is 0 Å². The molecule has 0 radical (unpaired) electrons. The summed E-state index contributed by atoms with van der Waals surface area (Å²) in [5.74, 6) is 3.28. The van der Waals surface area contributed by atoms with Crippen molar-refractivity contribution >= 4 is 48.6 Å². The summed E-state index contributed by atoms with van der Waals surface area (Å²) in [7, 11) is 0. The second-order valence-corrected chi connectivity index (χ2v) is 17.2. The van der Waals surface area contributed by atoms with E-state index in [2.05, 4.69) is 169 Å². The van der Waals surface area contributed by atoms with Crippen LogP contribution in [0.5, 0.6) is 0 Å². The fraction of sp³-hybridized carbons (Fsp3) is 0.176. The Morgan fingerprint density at radius 2 is 1.11 bits per heavy atom. The summed E-state index contributed by atoms with van der Waals surface area (Å²) in [6.45, 7) is 0. The zero-order valence-corrected chi connectivity index (χ0v) is 30.4. The zero-order valence-electron chi connectivity index (χ0n) is 29.6. The van der Waals surface area contributed by atoms with E-state index < -0.39 is 0 Å². The van der Waals surface area contributed by atoms with Crippen LogP contribution in [0.15, 0.2) is 164 Å². The topological polar surface area (TPSA) is 3.24 Å². The number of rotatable bonds is 5. The van der Waals surface area contributed by atoms with Gasteiger partial charge in [-0.25, -0.2) is 0 Å². The predicted octanol–water partition coefficient (Wildman–Crippen LogP) is 14.2. The van der Waals surface area contributed by atoms with Crippen LogP contribution in [0.3, 0.4) is 0 Å². The van der Waals surface area contributed by atoms with Gasteiger partial charge in [0.2, 0.25) is 0 Å². The lowest BCUT2D eigenvalue weighted by Crippen LogP contribution is -2.40. The monoisotopic (exact) mass is 697 g/mol. The SMILES string of the molecule is c1ccc(-c2ccc(N(c3ccc4c(c3)-c3ccc(-c5ccccc5)cc3C43C4CC5CC(C4)C3C5)c3ccc4c(c3)sc3ccccc34)cc2)cc1. The van der Waals surface area contributed by atoms with Crippen LogP contribution in [-0.2, 0) is 5.41 Å². The van der Waals surface area contributed by atoms with E-state index in [1.165, 1.54) is 96.3 Å². The van der Waals surface area contributed by atoms with Crippen LogP contribution < -0.4 is 4.90 Å². The fourth-order valence-electron chi connectivity index (χ4n) is 11.7. The van der Waals surface area contributed by atoms with E-state index in [1.807, 2.05) is 11.3 Å². The molecule has 1 heterocycles. The molecule has 8 aromatic rings. The molecule has 2 heteroatoms. The number of nitrogens with zero attached hydrogens (tertiary/aromatic N) is 1. The Hall–Kier alpha value is -5.44. The van der Waals surface area contributed by atoms with Gasteiger partial charge in [0.1, 0.15) is 0 Å². The Balaban J connectivity index is 1.05. The van der Waals surface area contributed by atoms with Crippen molar-refractivity contribution in [2.75, 3.05) is 4.90 Å². The van der Waals surface area contributed by atoms with E-state index in [4.69, 9.17) is 0 Å². The normalized spacial score (nSPS) is 23.2. The minimum Gasteiger partial charge on any atom is -0.310 e. The van der Waals surface area contributed by atoms with Gasteiger partial charge in [0, 0.05) is 42.6 Å². The fourth-order valence-corrected chi connectivity index (χ4v) is 12.8. The molecule has 0 saturated heterocycles. The van der Waals surface area contributed by atoms with E-state index in [0.29, 0.717) is 0 Å². The molecular weight excluding hydrogens is 659 g/mol. The van der Waals surface area contributed by atoms with E-state index in [1.54, 1.807) is 11.1 Å². The molecule has 5 aliphatic carbocycles. The van der Waals surface area contributed by atoms with Crippen LogP contribution in [0.25, 0.3) is 53.6 Å². The summed E-state index contributed by atoms with van der Waals surface area (Å²) >= 11 is 1.89. The van der Waals surface area contributed by atoms with Crippen LogP contribution in [0, 0.1) is 23.7 Å². The van der Waals surface area contributed by atoms with Crippen LogP contribution in [-0.4, -0.2) is 0 Å². The Morgan fingerprint density at radius 3 is 1.92 bits per heavy atom. The first-order chi connectivity index (χ1) is 26.2. The molecule has 1 spiro atoms. The number of fused-ring (bicyclic) bond motifs is 6. The minimum atomic E-state index is 0.129. The molecule has 1 aromatic heterocycles. The van der Waals surface area contributed by atoms with Crippen LogP contribution in [0.1, 0.15) is 36.8 Å². The van der Waals surface area contributed by atoms with Gasteiger partial charge in [-0.15, -0.1) is 11.3 Å². The molecule has 5 aliphatic rings. The zero-order chi connectivity index (χ0) is 34.7. The average Bonchev–Trinajstić information content (AvgIpc) is 3.89. The van der Waals surface area contributed by atoms with Gasteiger partial charge in [-0.2, -0.15) is 0 Å². The molecule has 4 fully saturated rings. The second-order valence-electron chi connectivity index (χ2n) is 16.1. The lowest BCUT2D eigenvalue weighted by Gasteiger charge is -2.44. The lowest BCUT2D eigenvalue weighted by atomic mass is 9.59. The maximum absolute atomic E-state index is 2.60. The predicted molar refractivity (Wildman–Crippen MR) is 224 cm³/mol. The first kappa shape index (κ1) is 30.1. The molecule has 5 unspecified atom stereocenters. The largest absolute Gasteiger partial charge is 0.310 e. The van der Waals surface area contributed by atoms with Gasteiger partial charge in [-0.05, 0) is 142 Å². The van der Waals surface area contributed by atoms with Gasteiger partial charge in [-0.1, -0.05) is 115 Å². The first-order valence-corrected chi connectivity index (χ1v) is 20.3. The smallest absolute Gasteiger partial charge is 0.0476 e. The maximum atomic E-state index is 2.60. The van der Waals surface area contributed by atoms with Crippen LogP contribution >= 0.6 is 11.3 Å². The second kappa shape index (κ2) is 11.3. The summed E-state index contributed by atoms with van der Waals surface area (Å²) in [5, 5.41) is 2.67. The molecular formula is C51H39NS. The first-order valence-electron chi connectivity index (χ1n) is 19.4. The number of thiophene rings is 1. The number of benzene rings is 7. The summed E-state index contributed by atoms with van der Waals surface area (Å²) < 4.78 is 2.67. The molecule has 254 valence electrons. The average molecular weight is 698 g/mol. The van der Waals surface area contributed by atoms with Gasteiger partial charge < -0.3 is 4.90 Å². The van der Waals surface area contributed by atoms with E-state index >= 15 is 0 Å². The third-order valence-electron chi connectivity index (χ3n) is 13.6. The molecule has 0 N–H and O–H groups in total. The quantitative estimate of drug-likeness (QED) is 0.173. The van der Waals surface area contributed by atoms with Gasteiger partial charge in [0.15, 0.2) is 0 Å². The summed E-state index contributed by atoms with van der Waals surface area (Å²) in [4.78, 5) is 2.49. The van der Waals surface area contributed by atoms with E-state index in [-0.39, 0.29) is 5.41 Å². The number of hydrogen-bond donors (Lipinski definition) is 0. The molecule has 4 bridgehead atoms. The number of anilines is 3. The molecule has 13 rings (SSSR count). The van der Waals surface area contributed by atoms with Crippen LogP contribution in [0.4, 0.5) is 17.1 Å². The van der Waals surface area contributed by atoms with Gasteiger partial charge >= 0.3 is 0 Å². The number of hydrogen-bond acceptors (Lipinski definition) is 2. The van der Waals surface area contributed by atoms with Crippen molar-refractivity contribution in [2.24, 2.45) is 23.7 Å². The van der Waals surface area contributed by atoms with Crippen molar-refractivity contribution < 1.29 is 0 Å². The highest BCUT2D eigenvalue weighted by atomic mass is 32.1. The Labute approximate surface area is 315 Å². The molecule has 4 saturated carbocycles. The maximum Gasteiger partial charge on any atom is 0.0476 e. The van der Waals surface area contributed by atoms with Crippen molar-refractivity contribution in [1.82, 2.24) is 0 Å². The lowest BCUT2D eigenvalue weighted by molar-refractivity contribution is 0.191.